The summed E-state index contributed by atoms with van der Waals surface area (Å²) in [5, 5.41) is 10.8. The second-order valence-corrected chi connectivity index (χ2v) is 8.68. The van der Waals surface area contributed by atoms with Crippen LogP contribution in [0.3, 0.4) is 0 Å². The van der Waals surface area contributed by atoms with Crippen LogP contribution in [0, 0.1) is 0 Å². The molecule has 1 amide bonds. The highest BCUT2D eigenvalue weighted by Gasteiger charge is 2.31. The molecule has 1 saturated heterocycles. The first kappa shape index (κ1) is 20.5. The Morgan fingerprint density at radius 2 is 1.93 bits per heavy atom. The summed E-state index contributed by atoms with van der Waals surface area (Å²) in [6, 6.07) is 18.0. The summed E-state index contributed by atoms with van der Waals surface area (Å²) in [7, 11) is 1.66. The van der Waals surface area contributed by atoms with E-state index in [-0.39, 0.29) is 17.7 Å². The van der Waals surface area contributed by atoms with Crippen molar-refractivity contribution in [3.8, 4) is 16.3 Å². The zero-order chi connectivity index (χ0) is 20.9. The van der Waals surface area contributed by atoms with Gasteiger partial charge in [-0.25, -0.2) is 0 Å². The predicted molar refractivity (Wildman–Crippen MR) is 120 cm³/mol. The molecule has 2 aromatic carbocycles. The van der Waals surface area contributed by atoms with Crippen molar-refractivity contribution in [2.45, 2.75) is 38.0 Å². The number of likely N-dealkylation sites (tertiary alicyclic amines) is 1. The van der Waals surface area contributed by atoms with E-state index in [4.69, 9.17) is 4.74 Å². The molecule has 2 unspecified atom stereocenters. The van der Waals surface area contributed by atoms with Gasteiger partial charge in [0.15, 0.2) is 0 Å². The molecule has 0 aliphatic carbocycles. The van der Waals surface area contributed by atoms with E-state index in [1.54, 1.807) is 18.4 Å². The normalized spacial score (nSPS) is 17.5. The standard InChI is InChI=1S/C24H27N3O2S/c1-3-21(17-8-5-4-6-9-17)24(28)27-15-7-10-19(16-27)23-26-25-22(30-23)18-11-13-20(29-2)14-12-18/h4-6,8-9,11-14,19,21H,3,7,10,15-16H2,1-2H3. The van der Waals surface area contributed by atoms with Crippen LogP contribution in [0.5, 0.6) is 5.75 Å². The molecule has 2 heterocycles. The Bertz CT molecular complexity index is 972. The summed E-state index contributed by atoms with van der Waals surface area (Å²) < 4.78 is 5.23. The molecular formula is C24H27N3O2S. The molecule has 1 aliphatic heterocycles. The minimum absolute atomic E-state index is 0.0748. The lowest BCUT2D eigenvalue weighted by Gasteiger charge is -2.34. The van der Waals surface area contributed by atoms with Gasteiger partial charge in [0.1, 0.15) is 15.8 Å². The van der Waals surface area contributed by atoms with E-state index in [1.165, 1.54) is 0 Å². The van der Waals surface area contributed by atoms with Gasteiger partial charge in [-0.05, 0) is 49.1 Å². The Morgan fingerprint density at radius 3 is 2.63 bits per heavy atom. The molecule has 3 aromatic rings. The summed E-state index contributed by atoms with van der Waals surface area (Å²) in [4.78, 5) is 15.3. The van der Waals surface area contributed by atoms with E-state index >= 15 is 0 Å². The topological polar surface area (TPSA) is 55.3 Å². The molecular weight excluding hydrogens is 394 g/mol. The van der Waals surface area contributed by atoms with E-state index < -0.39 is 0 Å². The molecule has 2 atom stereocenters. The van der Waals surface area contributed by atoms with Crippen LogP contribution < -0.4 is 4.74 Å². The molecule has 4 rings (SSSR count). The highest BCUT2D eigenvalue weighted by Crippen LogP contribution is 2.34. The minimum atomic E-state index is -0.0748. The van der Waals surface area contributed by atoms with Crippen molar-refractivity contribution in [2.75, 3.05) is 20.2 Å². The van der Waals surface area contributed by atoms with Crippen molar-refractivity contribution < 1.29 is 9.53 Å². The molecule has 0 saturated carbocycles. The number of ether oxygens (including phenoxy) is 1. The Kier molecular flexibility index (Phi) is 6.43. The number of carbonyl (C=O) groups is 1. The van der Waals surface area contributed by atoms with Crippen molar-refractivity contribution >= 4 is 17.2 Å². The third-order valence-electron chi connectivity index (χ3n) is 5.77. The number of methoxy groups -OCH3 is 1. The van der Waals surface area contributed by atoms with Crippen LogP contribution in [0.2, 0.25) is 0 Å². The highest BCUT2D eigenvalue weighted by atomic mass is 32.1. The van der Waals surface area contributed by atoms with Crippen LogP contribution in [0.15, 0.2) is 54.6 Å². The maximum absolute atomic E-state index is 13.3. The van der Waals surface area contributed by atoms with Crippen LogP contribution in [0.1, 0.15) is 48.6 Å². The lowest BCUT2D eigenvalue weighted by atomic mass is 9.92. The van der Waals surface area contributed by atoms with E-state index in [2.05, 4.69) is 29.3 Å². The van der Waals surface area contributed by atoms with Gasteiger partial charge in [0, 0.05) is 24.6 Å². The number of carbonyl (C=O) groups excluding carboxylic acids is 1. The van der Waals surface area contributed by atoms with E-state index in [0.29, 0.717) is 0 Å². The minimum Gasteiger partial charge on any atom is -0.497 e. The zero-order valence-corrected chi connectivity index (χ0v) is 18.3. The van der Waals surface area contributed by atoms with E-state index in [9.17, 15) is 4.79 Å². The maximum Gasteiger partial charge on any atom is 0.230 e. The molecule has 156 valence electrons. The summed E-state index contributed by atoms with van der Waals surface area (Å²) in [6.45, 7) is 3.63. The van der Waals surface area contributed by atoms with Gasteiger partial charge in [0.05, 0.1) is 13.0 Å². The number of hydrogen-bond donors (Lipinski definition) is 0. The van der Waals surface area contributed by atoms with E-state index in [1.807, 2.05) is 47.4 Å². The first-order valence-corrected chi connectivity index (χ1v) is 11.3. The van der Waals surface area contributed by atoms with Gasteiger partial charge in [-0.2, -0.15) is 0 Å². The number of hydrogen-bond acceptors (Lipinski definition) is 5. The second-order valence-electron chi connectivity index (χ2n) is 7.67. The average molecular weight is 422 g/mol. The Hall–Kier alpha value is -2.73. The van der Waals surface area contributed by atoms with Crippen LogP contribution in [-0.2, 0) is 4.79 Å². The third kappa shape index (κ3) is 4.38. The molecule has 6 heteroatoms. The average Bonchev–Trinajstić information content (AvgIpc) is 3.31. The molecule has 5 nitrogen and oxygen atoms in total. The van der Waals surface area contributed by atoms with Gasteiger partial charge in [-0.3, -0.25) is 4.79 Å². The smallest absolute Gasteiger partial charge is 0.230 e. The molecule has 1 aliphatic rings. The lowest BCUT2D eigenvalue weighted by Crippen LogP contribution is -2.41. The Labute approximate surface area is 181 Å². The van der Waals surface area contributed by atoms with Gasteiger partial charge in [-0.1, -0.05) is 48.6 Å². The largest absolute Gasteiger partial charge is 0.497 e. The van der Waals surface area contributed by atoms with Crippen molar-refractivity contribution in [3.63, 3.8) is 0 Å². The van der Waals surface area contributed by atoms with Crippen molar-refractivity contribution in [1.82, 2.24) is 15.1 Å². The van der Waals surface area contributed by atoms with Crippen molar-refractivity contribution in [1.29, 1.82) is 0 Å². The van der Waals surface area contributed by atoms with Crippen molar-refractivity contribution in [3.05, 3.63) is 65.2 Å². The molecule has 1 aromatic heterocycles. The fourth-order valence-electron chi connectivity index (χ4n) is 4.09. The fraction of sp³-hybridized carbons (Fsp3) is 0.375. The quantitative estimate of drug-likeness (QED) is 0.555. The molecule has 30 heavy (non-hydrogen) atoms. The number of rotatable bonds is 6. The van der Waals surface area contributed by atoms with Crippen LogP contribution >= 0.6 is 11.3 Å². The first-order chi connectivity index (χ1) is 14.7. The molecule has 0 spiro atoms. The third-order valence-corrected chi connectivity index (χ3v) is 6.90. The Morgan fingerprint density at radius 1 is 1.17 bits per heavy atom. The first-order valence-electron chi connectivity index (χ1n) is 10.5. The predicted octanol–water partition coefficient (Wildman–Crippen LogP) is 5.11. The van der Waals surface area contributed by atoms with Crippen LogP contribution in [0.4, 0.5) is 0 Å². The number of nitrogens with zero attached hydrogens (tertiary/aromatic N) is 3. The SMILES string of the molecule is CCC(C(=O)N1CCCC(c2nnc(-c3ccc(OC)cc3)s2)C1)c1ccccc1. The summed E-state index contributed by atoms with van der Waals surface area (Å²) in [5.41, 5.74) is 2.14. The zero-order valence-electron chi connectivity index (χ0n) is 17.5. The fourth-order valence-corrected chi connectivity index (χ4v) is 5.06. The Balaban J connectivity index is 1.47. The van der Waals surface area contributed by atoms with Gasteiger partial charge in [-0.15, -0.1) is 10.2 Å². The van der Waals surface area contributed by atoms with Crippen LogP contribution in [-0.4, -0.2) is 41.2 Å². The number of aromatic nitrogens is 2. The maximum atomic E-state index is 13.3. The highest BCUT2D eigenvalue weighted by molar-refractivity contribution is 7.14. The molecule has 0 radical (unpaired) electrons. The summed E-state index contributed by atoms with van der Waals surface area (Å²) in [6.07, 6.45) is 2.85. The van der Waals surface area contributed by atoms with Gasteiger partial charge in [0.2, 0.25) is 5.91 Å². The molecule has 1 fully saturated rings. The molecule has 0 bridgehead atoms. The number of amides is 1. The van der Waals surface area contributed by atoms with Gasteiger partial charge >= 0.3 is 0 Å². The monoisotopic (exact) mass is 421 g/mol. The summed E-state index contributed by atoms with van der Waals surface area (Å²) in [5.74, 6) is 1.23. The van der Waals surface area contributed by atoms with Crippen LogP contribution in [0.25, 0.3) is 10.6 Å². The number of benzene rings is 2. The van der Waals surface area contributed by atoms with Crippen molar-refractivity contribution in [2.24, 2.45) is 0 Å². The van der Waals surface area contributed by atoms with E-state index in [0.717, 1.165) is 59.2 Å². The number of piperidine rings is 1. The molecule has 0 N–H and O–H groups in total. The lowest BCUT2D eigenvalue weighted by molar-refractivity contribution is -0.134. The second kappa shape index (κ2) is 9.39. The summed E-state index contributed by atoms with van der Waals surface area (Å²) >= 11 is 1.63. The van der Waals surface area contributed by atoms with Gasteiger partial charge in [0.25, 0.3) is 0 Å². The van der Waals surface area contributed by atoms with Gasteiger partial charge < -0.3 is 9.64 Å².